The second-order valence-corrected chi connectivity index (χ2v) is 6.11. The van der Waals surface area contributed by atoms with Crippen LogP contribution in [-0.4, -0.2) is 35.6 Å². The molecule has 18 heteroatoms. The lowest BCUT2D eigenvalue weighted by molar-refractivity contribution is -0.348. The molecule has 0 rings (SSSR count). The van der Waals surface area contributed by atoms with Gasteiger partial charge >= 0.3 is 46.0 Å². The number of carbonyl (C=O) groups is 2. The van der Waals surface area contributed by atoms with Gasteiger partial charge in [-0.05, 0) is 0 Å². The van der Waals surface area contributed by atoms with E-state index in [1.165, 1.54) is 0 Å². The van der Waals surface area contributed by atoms with Crippen LogP contribution in [0, 0.1) is 0 Å². The molecule has 0 aliphatic heterocycles. The molecule has 146 valence electrons. The Bertz CT molecular complexity index is 563. The van der Waals surface area contributed by atoms with E-state index in [-0.39, 0.29) is 0 Å². The van der Waals surface area contributed by atoms with Gasteiger partial charge < -0.3 is 0 Å². The fourth-order valence-corrected chi connectivity index (χ4v) is 1.38. The Balaban J connectivity index is 6.12. The number of rotatable bonds is 6. The zero-order valence-electron chi connectivity index (χ0n) is 10.0. The number of nitrogens with one attached hydrogen (secondary N) is 1. The third-order valence-electron chi connectivity index (χ3n) is 2.00. The second-order valence-electron chi connectivity index (χ2n) is 3.97. The summed E-state index contributed by atoms with van der Waals surface area (Å²) in [6, 6.07) is -4.61. The van der Waals surface area contributed by atoms with Crippen LogP contribution in [0.5, 0.6) is 0 Å². The average Bonchev–Trinajstić information content (AvgIpc) is 2.23. The number of carbonyl (C=O) groups excluding carboxylic acids is 2. The molecule has 0 bridgehead atoms. The first-order valence-corrected chi connectivity index (χ1v) is 6.54. The molecule has 0 saturated carbocycles. The normalized spacial score (nSPS) is 17.8. The lowest BCUT2D eigenvalue weighted by atomic mass is 9.98. The van der Waals surface area contributed by atoms with E-state index < -0.39 is 50.8 Å². The van der Waals surface area contributed by atoms with Crippen LogP contribution in [0.3, 0.4) is 0 Å². The Labute approximate surface area is 120 Å². The minimum atomic E-state index is -11.4. The number of halogens is 14. The molecule has 0 saturated heterocycles. The van der Waals surface area contributed by atoms with Gasteiger partial charge in [-0.25, -0.2) is 4.72 Å². The smallest absolute Gasteiger partial charge is 0.267 e. The predicted octanol–water partition coefficient (Wildman–Crippen LogP) is 4.35. The maximum absolute atomic E-state index is 12.8. The molecule has 0 atom stereocenters. The van der Waals surface area contributed by atoms with Crippen LogP contribution in [0.15, 0.2) is 0 Å². The number of amides is 1. The molecule has 1 amide bonds. The van der Waals surface area contributed by atoms with Gasteiger partial charge in [-0.15, -0.1) is 0 Å². The van der Waals surface area contributed by atoms with E-state index in [2.05, 4.69) is 0 Å². The molecule has 0 heterocycles. The highest BCUT2D eigenvalue weighted by atomic mass is 32.5. The molecule has 1 N–H and O–H groups in total. The fraction of sp³-hybridized carbons (Fsp3) is 0.667. The maximum Gasteiger partial charge on any atom is 0.404 e. The summed E-state index contributed by atoms with van der Waals surface area (Å²) < 4.78 is 169. The van der Waals surface area contributed by atoms with Crippen LogP contribution in [0.4, 0.5) is 58.9 Å². The van der Waals surface area contributed by atoms with Gasteiger partial charge in [-0.1, -0.05) is 19.4 Å². The van der Waals surface area contributed by atoms with Crippen molar-refractivity contribution in [3.63, 3.8) is 0 Å². The number of hydrogen-bond donors (Lipinski definition) is 1. The lowest BCUT2D eigenvalue weighted by Crippen LogP contribution is -2.67. The molecule has 0 aliphatic carbocycles. The Morgan fingerprint density at radius 2 is 0.958 bits per heavy atom. The van der Waals surface area contributed by atoms with Crippen molar-refractivity contribution in [2.24, 2.45) is 0 Å². The Hall–Kier alpha value is -1.49. The van der Waals surface area contributed by atoms with Gasteiger partial charge in [0.25, 0.3) is 0 Å². The lowest BCUT2D eigenvalue weighted by Gasteiger charge is -2.42. The van der Waals surface area contributed by atoms with Crippen molar-refractivity contribution < 1.29 is 68.5 Å². The zero-order chi connectivity index (χ0) is 20.3. The molecule has 0 aromatic rings. The first-order valence-electron chi connectivity index (χ1n) is 4.58. The molecular formula is C6HF14NO2S. The molecular weight excluding hydrogens is 416 g/mol. The van der Waals surface area contributed by atoms with Crippen molar-refractivity contribution in [2.75, 3.05) is 0 Å². The van der Waals surface area contributed by atoms with Gasteiger partial charge in [0, 0.05) is 0 Å². The highest BCUT2D eigenvalue weighted by Gasteiger charge is 2.86. The monoisotopic (exact) mass is 417 g/mol. The molecule has 0 fully saturated rings. The van der Waals surface area contributed by atoms with Crippen molar-refractivity contribution in [2.45, 2.75) is 23.7 Å². The van der Waals surface area contributed by atoms with Gasteiger partial charge in [0.05, 0.1) is 0 Å². The van der Waals surface area contributed by atoms with Crippen molar-refractivity contribution in [1.82, 2.24) is 4.72 Å². The third kappa shape index (κ3) is 3.94. The first-order chi connectivity index (χ1) is 9.80. The topological polar surface area (TPSA) is 46.2 Å². The summed E-state index contributed by atoms with van der Waals surface area (Å²) in [4.78, 5) is 19.7. The Morgan fingerprint density at radius 3 is 1.21 bits per heavy atom. The van der Waals surface area contributed by atoms with E-state index in [0.29, 0.717) is 0 Å². The van der Waals surface area contributed by atoms with E-state index in [4.69, 9.17) is 0 Å². The minimum Gasteiger partial charge on any atom is -0.267 e. The summed E-state index contributed by atoms with van der Waals surface area (Å²) >= 11 is 0. The molecule has 3 nitrogen and oxygen atoms in total. The van der Waals surface area contributed by atoms with Gasteiger partial charge in [0.1, 0.15) is 0 Å². The highest BCUT2D eigenvalue weighted by Crippen LogP contribution is 2.94. The second kappa shape index (κ2) is 4.57. The summed E-state index contributed by atoms with van der Waals surface area (Å²) in [6.45, 7) is 0. The fourth-order valence-electron chi connectivity index (χ4n) is 0.900. The third-order valence-corrected chi connectivity index (χ3v) is 2.57. The Morgan fingerprint density at radius 1 is 0.667 bits per heavy atom. The van der Waals surface area contributed by atoms with E-state index in [1.807, 2.05) is 0 Å². The minimum absolute atomic E-state index is 1.87. The number of hydrogen-bond acceptors (Lipinski definition) is 2. The Kier molecular flexibility index (Phi) is 4.28. The van der Waals surface area contributed by atoms with Crippen LogP contribution in [0.25, 0.3) is 0 Å². The molecule has 24 heavy (non-hydrogen) atoms. The molecule has 0 radical (unpaired) electrons. The molecule has 0 aromatic carbocycles. The standard InChI is InChI=1S/C6HF14NO2S/c7-1(22)3(8,9)5(12,13)6(14,15)4(10,11)2(23)21-24(16,17,18,19)20/h(H,21,23). The van der Waals surface area contributed by atoms with Gasteiger partial charge in [-0.3, -0.25) is 9.59 Å². The van der Waals surface area contributed by atoms with Crippen LogP contribution in [0.1, 0.15) is 0 Å². The summed E-state index contributed by atoms with van der Waals surface area (Å²) in [7, 11) is -11.4. The van der Waals surface area contributed by atoms with Gasteiger partial charge in [0.2, 0.25) is 0 Å². The molecule has 0 unspecified atom stereocenters. The summed E-state index contributed by atoms with van der Waals surface area (Å²) in [5.74, 6) is -35.3. The van der Waals surface area contributed by atoms with Gasteiger partial charge in [0.15, 0.2) is 0 Å². The van der Waals surface area contributed by atoms with Gasteiger partial charge in [-0.2, -0.15) is 39.5 Å². The largest absolute Gasteiger partial charge is 0.404 e. The van der Waals surface area contributed by atoms with Crippen molar-refractivity contribution in [3.8, 4) is 0 Å². The maximum atomic E-state index is 12.8. The van der Waals surface area contributed by atoms with Crippen LogP contribution in [-0.2, 0) is 9.59 Å². The summed E-state index contributed by atoms with van der Waals surface area (Å²) in [5.41, 5.74) is 0. The van der Waals surface area contributed by atoms with Crippen LogP contribution >= 0.6 is 10.4 Å². The summed E-state index contributed by atoms with van der Waals surface area (Å²) in [5, 5.41) is 0. The van der Waals surface area contributed by atoms with E-state index in [9.17, 15) is 68.5 Å². The SMILES string of the molecule is O=C(F)C(F)(F)C(F)(F)C(F)(F)C(F)(F)C(=O)NS(F)(F)(F)(F)F. The first kappa shape index (κ1) is 22.5. The molecule has 0 aliphatic rings. The quantitative estimate of drug-likeness (QED) is 0.516. The summed E-state index contributed by atoms with van der Waals surface area (Å²) in [6.07, 6.45) is 0. The van der Waals surface area contributed by atoms with Crippen molar-refractivity contribution in [1.29, 1.82) is 0 Å². The van der Waals surface area contributed by atoms with Crippen LogP contribution in [0.2, 0.25) is 0 Å². The molecule has 0 aromatic heterocycles. The average molecular weight is 417 g/mol. The highest BCUT2D eigenvalue weighted by molar-refractivity contribution is 8.44. The molecule has 0 spiro atoms. The van der Waals surface area contributed by atoms with E-state index >= 15 is 0 Å². The van der Waals surface area contributed by atoms with Crippen molar-refractivity contribution in [3.05, 3.63) is 0 Å². The van der Waals surface area contributed by atoms with Crippen molar-refractivity contribution >= 4 is 22.4 Å². The van der Waals surface area contributed by atoms with E-state index in [1.54, 1.807) is 0 Å². The zero-order valence-corrected chi connectivity index (χ0v) is 10.8. The predicted molar refractivity (Wildman–Crippen MR) is 47.2 cm³/mol. The number of alkyl halides is 8. The van der Waals surface area contributed by atoms with E-state index in [0.717, 1.165) is 0 Å². The van der Waals surface area contributed by atoms with Crippen LogP contribution < -0.4 is 4.72 Å².